The van der Waals surface area contributed by atoms with Crippen LogP contribution < -0.4 is 9.47 Å². The van der Waals surface area contributed by atoms with Crippen LogP contribution >= 0.6 is 0 Å². The fourth-order valence-electron chi connectivity index (χ4n) is 4.17. The molecule has 0 bridgehead atoms. The van der Waals surface area contributed by atoms with Crippen molar-refractivity contribution in [3.05, 3.63) is 125 Å². The maximum Gasteiger partial charge on any atom is 0.335 e. The van der Waals surface area contributed by atoms with Crippen molar-refractivity contribution in [2.75, 3.05) is 0 Å². The van der Waals surface area contributed by atoms with Crippen LogP contribution in [0.1, 0.15) is 50.4 Å². The van der Waals surface area contributed by atoms with Gasteiger partial charge < -0.3 is 14.6 Å². The van der Waals surface area contributed by atoms with Gasteiger partial charge in [0.15, 0.2) is 0 Å². The summed E-state index contributed by atoms with van der Waals surface area (Å²) in [5, 5.41) is 10.3. The number of hydrogen-bond acceptors (Lipinski definition) is 4. The molecule has 0 spiro atoms. The summed E-state index contributed by atoms with van der Waals surface area (Å²) >= 11 is 0. The number of carbonyl (C=O) groups excluding carboxylic acids is 1. The zero-order valence-electron chi connectivity index (χ0n) is 21.1. The molecule has 0 fully saturated rings. The zero-order chi connectivity index (χ0) is 25.9. The molecule has 3 aromatic carbocycles. The van der Waals surface area contributed by atoms with Crippen LogP contribution in [0.25, 0.3) is 0 Å². The highest BCUT2D eigenvalue weighted by molar-refractivity contribution is 5.83. The van der Waals surface area contributed by atoms with Gasteiger partial charge in [-0.05, 0) is 97.8 Å². The molecule has 4 nitrogen and oxygen atoms in total. The first kappa shape index (κ1) is 25.6. The number of phenols is 1. The number of aryl methyl sites for hydroxylation is 5. The maximum absolute atomic E-state index is 11.8. The lowest BCUT2D eigenvalue weighted by molar-refractivity contribution is -0.129. The average molecular weight is 469 g/mol. The number of aromatic hydroxyl groups is 1. The minimum absolute atomic E-state index is 0.217. The Kier molecular flexibility index (Phi) is 7.65. The van der Waals surface area contributed by atoms with Gasteiger partial charge in [-0.1, -0.05) is 44.0 Å². The van der Waals surface area contributed by atoms with E-state index < -0.39 is 5.97 Å². The van der Waals surface area contributed by atoms with Crippen LogP contribution in [0.5, 0.6) is 17.2 Å². The molecule has 0 aliphatic rings. The Labute approximate surface area is 207 Å². The van der Waals surface area contributed by atoms with Crippen molar-refractivity contribution in [3.8, 4) is 17.2 Å². The Morgan fingerprint density at radius 3 is 2.03 bits per heavy atom. The molecule has 0 saturated heterocycles. The number of benzene rings is 3. The molecule has 3 aromatic rings. The van der Waals surface area contributed by atoms with Gasteiger partial charge in [0.05, 0.1) is 0 Å². The van der Waals surface area contributed by atoms with E-state index in [9.17, 15) is 9.90 Å². The first-order valence-electron chi connectivity index (χ1n) is 11.4. The molecule has 1 unspecified atom stereocenters. The lowest BCUT2D eigenvalue weighted by Gasteiger charge is -2.26. The fraction of sp³-hybridized carbons (Fsp3) is 0.194. The van der Waals surface area contributed by atoms with Gasteiger partial charge in [-0.25, -0.2) is 4.79 Å². The van der Waals surface area contributed by atoms with Gasteiger partial charge in [-0.2, -0.15) is 0 Å². The van der Waals surface area contributed by atoms with Crippen LogP contribution in [0.4, 0.5) is 0 Å². The number of hydrogen-bond donors (Lipinski definition) is 1. The Hall–Kier alpha value is -4.05. The van der Waals surface area contributed by atoms with Gasteiger partial charge in [0.1, 0.15) is 23.0 Å². The molecular weight excluding hydrogens is 436 g/mol. The summed E-state index contributed by atoms with van der Waals surface area (Å²) in [5.41, 5.74) is 7.58. The topological polar surface area (TPSA) is 55.8 Å². The summed E-state index contributed by atoms with van der Waals surface area (Å²) in [6.45, 7) is 21.0. The molecule has 4 heteroatoms. The predicted molar refractivity (Wildman–Crippen MR) is 141 cm³/mol. The van der Waals surface area contributed by atoms with Gasteiger partial charge in [0.25, 0.3) is 0 Å². The second-order valence-electron chi connectivity index (χ2n) is 8.84. The molecule has 3 rings (SSSR count). The van der Waals surface area contributed by atoms with Crippen molar-refractivity contribution < 1.29 is 19.4 Å². The molecule has 0 aliphatic carbocycles. The number of rotatable bonds is 8. The quantitative estimate of drug-likeness (QED) is 0.0942. The number of phenolic OH excluding ortho intramolecular Hbond substituents is 1. The number of esters is 1. The summed E-state index contributed by atoms with van der Waals surface area (Å²) < 4.78 is 11.6. The van der Waals surface area contributed by atoms with Crippen LogP contribution in [0.15, 0.2) is 80.1 Å². The lowest BCUT2D eigenvalue weighted by Crippen LogP contribution is -2.11. The maximum atomic E-state index is 11.8. The molecule has 1 N–H and O–H groups in total. The first-order valence-corrected chi connectivity index (χ1v) is 11.4. The highest BCUT2D eigenvalue weighted by Crippen LogP contribution is 2.43. The van der Waals surface area contributed by atoms with Crippen molar-refractivity contribution in [1.29, 1.82) is 0 Å². The summed E-state index contributed by atoms with van der Waals surface area (Å²) in [7, 11) is 0. The van der Waals surface area contributed by atoms with Crippen LogP contribution in [-0.4, -0.2) is 11.1 Å². The molecule has 0 amide bonds. The van der Waals surface area contributed by atoms with Crippen LogP contribution in [-0.2, 0) is 4.79 Å². The smallest absolute Gasteiger partial charge is 0.335 e. The van der Waals surface area contributed by atoms with Crippen LogP contribution in [0.2, 0.25) is 0 Å². The lowest BCUT2D eigenvalue weighted by atomic mass is 9.79. The highest BCUT2D eigenvalue weighted by Gasteiger charge is 2.26. The molecule has 0 saturated carbocycles. The van der Waals surface area contributed by atoms with Gasteiger partial charge in [0.2, 0.25) is 0 Å². The molecule has 0 aliphatic heterocycles. The molecular formula is C31H32O4. The summed E-state index contributed by atoms with van der Waals surface area (Å²) in [5.74, 6) is 1.17. The average Bonchev–Trinajstić information content (AvgIpc) is 2.81. The third kappa shape index (κ3) is 5.55. The normalized spacial score (nSPS) is 11.5. The van der Waals surface area contributed by atoms with E-state index in [0.717, 1.165) is 50.6 Å². The minimum atomic E-state index is -0.501. The molecule has 35 heavy (non-hydrogen) atoms. The molecule has 0 heterocycles. The fourth-order valence-corrected chi connectivity index (χ4v) is 4.17. The first-order chi connectivity index (χ1) is 16.5. The number of carbonyl (C=O) groups is 1. The van der Waals surface area contributed by atoms with E-state index in [4.69, 9.17) is 9.47 Å². The van der Waals surface area contributed by atoms with Crippen LogP contribution in [0.3, 0.4) is 0 Å². The highest BCUT2D eigenvalue weighted by atomic mass is 16.5. The van der Waals surface area contributed by atoms with E-state index in [2.05, 4.69) is 31.9 Å². The summed E-state index contributed by atoms with van der Waals surface area (Å²) in [6.07, 6.45) is 2.73. The number of allylic oxidation sites excluding steroid dienone is 1. The number of ether oxygens (including phenoxy) is 2. The molecule has 180 valence electrons. The third-order valence-corrected chi connectivity index (χ3v) is 6.10. The Morgan fingerprint density at radius 2 is 1.40 bits per heavy atom. The Morgan fingerprint density at radius 1 is 0.771 bits per heavy atom. The van der Waals surface area contributed by atoms with Gasteiger partial charge >= 0.3 is 5.97 Å². The van der Waals surface area contributed by atoms with E-state index in [0.29, 0.717) is 17.3 Å². The van der Waals surface area contributed by atoms with Crippen molar-refractivity contribution >= 4 is 5.97 Å². The second-order valence-corrected chi connectivity index (χ2v) is 8.84. The van der Waals surface area contributed by atoms with E-state index in [1.54, 1.807) is 12.1 Å². The van der Waals surface area contributed by atoms with E-state index in [1.165, 1.54) is 0 Å². The van der Waals surface area contributed by atoms with Gasteiger partial charge in [0, 0.05) is 17.6 Å². The summed E-state index contributed by atoms with van der Waals surface area (Å²) in [4.78, 5) is 11.8. The largest absolute Gasteiger partial charge is 0.508 e. The van der Waals surface area contributed by atoms with Crippen molar-refractivity contribution in [3.63, 3.8) is 0 Å². The van der Waals surface area contributed by atoms with Crippen molar-refractivity contribution in [1.82, 2.24) is 0 Å². The van der Waals surface area contributed by atoms with E-state index in [1.807, 2.05) is 58.9 Å². The monoisotopic (exact) mass is 468 g/mol. The third-order valence-electron chi connectivity index (χ3n) is 6.10. The van der Waals surface area contributed by atoms with Gasteiger partial charge in [-0.3, -0.25) is 0 Å². The Balaban J connectivity index is 2.32. The van der Waals surface area contributed by atoms with Crippen LogP contribution in [0, 0.1) is 34.6 Å². The Bertz CT molecular complexity index is 1330. The summed E-state index contributed by atoms with van der Waals surface area (Å²) in [6, 6.07) is 13.8. The van der Waals surface area contributed by atoms with E-state index >= 15 is 0 Å². The molecule has 0 aromatic heterocycles. The van der Waals surface area contributed by atoms with Crippen molar-refractivity contribution in [2.24, 2.45) is 0 Å². The SMILES string of the molecule is C=CC(=C)Oc1cc(C)ccc1C(c1cc(C)c(O)cc1C)c1cc(C)c(OC(=O)C=C)cc1C. The standard InChI is InChI=1S/C31H32O4/c1-9-23(8)34-29-13-18(3)11-12-24(29)31(25-14-21(6)27(32)16-19(25)4)26-15-22(7)28(17-20(26)5)35-30(33)10-2/h9-17,31-32H,1-2,8H2,3-7H3. The van der Waals surface area contributed by atoms with E-state index in [-0.39, 0.29) is 11.7 Å². The zero-order valence-corrected chi connectivity index (χ0v) is 21.1. The molecule has 0 radical (unpaired) electrons. The molecule has 1 atom stereocenters. The predicted octanol–water partition coefficient (Wildman–Crippen LogP) is 7.28. The van der Waals surface area contributed by atoms with Gasteiger partial charge in [-0.15, -0.1) is 0 Å². The second kappa shape index (κ2) is 10.5. The van der Waals surface area contributed by atoms with Crippen molar-refractivity contribution in [2.45, 2.75) is 40.5 Å². The minimum Gasteiger partial charge on any atom is -0.508 e.